The predicted octanol–water partition coefficient (Wildman–Crippen LogP) is 3.56. The van der Waals surface area contributed by atoms with Crippen molar-refractivity contribution in [3.63, 3.8) is 0 Å². The van der Waals surface area contributed by atoms with E-state index in [2.05, 4.69) is 15.3 Å². The zero-order valence-electron chi connectivity index (χ0n) is 15.1. The van der Waals surface area contributed by atoms with Crippen LogP contribution < -0.4 is 10.2 Å². The molecule has 1 fully saturated rings. The van der Waals surface area contributed by atoms with Crippen molar-refractivity contribution in [2.75, 3.05) is 17.3 Å². The molecule has 28 heavy (non-hydrogen) atoms. The summed E-state index contributed by atoms with van der Waals surface area (Å²) in [7, 11) is 3.61. The van der Waals surface area contributed by atoms with Gasteiger partial charge in [-0.25, -0.2) is 14.4 Å². The molecule has 1 aromatic carbocycles. The fourth-order valence-corrected chi connectivity index (χ4v) is 3.30. The van der Waals surface area contributed by atoms with Crippen LogP contribution in [0.25, 0.3) is 11.0 Å². The molecule has 1 aliphatic carbocycles. The van der Waals surface area contributed by atoms with E-state index < -0.39 is 18.0 Å². The first-order valence-electron chi connectivity index (χ1n) is 8.59. The molecule has 4 rings (SSSR count). The molecule has 2 aromatic heterocycles. The van der Waals surface area contributed by atoms with E-state index in [1.54, 1.807) is 41.0 Å². The number of carbonyl (C=O) groups is 1. The summed E-state index contributed by atoms with van der Waals surface area (Å²) in [5.41, 5.74) is 2.38. The third-order valence-corrected chi connectivity index (χ3v) is 5.07. The summed E-state index contributed by atoms with van der Waals surface area (Å²) < 4.78 is 15.0. The fourth-order valence-electron chi connectivity index (χ4n) is 2.99. The van der Waals surface area contributed by atoms with Crippen LogP contribution in [0.2, 0.25) is 5.02 Å². The first-order valence-corrected chi connectivity index (χ1v) is 8.97. The Morgan fingerprint density at radius 1 is 1.46 bits per heavy atom. The quantitative estimate of drug-likeness (QED) is 0.726. The van der Waals surface area contributed by atoms with E-state index in [1.807, 2.05) is 19.2 Å². The molecule has 1 amide bonds. The second kappa shape index (κ2) is 6.77. The number of nitrogens with one attached hydrogen (secondary N) is 1. The van der Waals surface area contributed by atoms with E-state index in [0.29, 0.717) is 27.6 Å². The first kappa shape index (κ1) is 18.2. The summed E-state index contributed by atoms with van der Waals surface area (Å²) in [6.45, 7) is 0. The summed E-state index contributed by atoms with van der Waals surface area (Å²) in [4.78, 5) is 22.8. The van der Waals surface area contributed by atoms with Crippen LogP contribution in [0.4, 0.5) is 21.7 Å². The molecule has 7 nitrogen and oxygen atoms in total. The van der Waals surface area contributed by atoms with E-state index in [1.165, 1.54) is 0 Å². The van der Waals surface area contributed by atoms with E-state index in [9.17, 15) is 9.18 Å². The Balaban J connectivity index is 1.75. The Hall–Kier alpha value is -3.18. The van der Waals surface area contributed by atoms with Crippen LogP contribution >= 0.6 is 11.6 Å². The number of amides is 1. The Bertz CT molecular complexity index is 1140. The standard InChI is InChI=1S/C19H16ClFN6O/c1-26-9-23-17-15(26)7-16(24-18(17)25-19(28)11-6-13(11)21)27(2)14-4-3-10(8-22)5-12(14)20/h3-5,7,9,11,13H,6H2,1-2H3,(H,24,25,28)/t11-,13+/m0/s1. The number of benzene rings is 1. The normalized spacial score (nSPS) is 18.0. The summed E-state index contributed by atoms with van der Waals surface area (Å²) in [5, 5.41) is 12.1. The molecule has 142 valence electrons. The second-order valence-corrected chi connectivity index (χ2v) is 7.14. The van der Waals surface area contributed by atoms with Gasteiger partial charge in [0.1, 0.15) is 17.5 Å². The molecule has 0 unspecified atom stereocenters. The van der Waals surface area contributed by atoms with Gasteiger partial charge in [0.15, 0.2) is 5.82 Å². The number of nitriles is 1. The van der Waals surface area contributed by atoms with Crippen LogP contribution in [0, 0.1) is 17.2 Å². The average Bonchev–Trinajstić information content (AvgIpc) is 3.30. The molecule has 1 saturated carbocycles. The smallest absolute Gasteiger partial charge is 0.231 e. The Labute approximate surface area is 165 Å². The first-order chi connectivity index (χ1) is 13.4. The average molecular weight is 399 g/mol. The van der Waals surface area contributed by atoms with Crippen molar-refractivity contribution in [3.05, 3.63) is 41.2 Å². The highest BCUT2D eigenvalue weighted by molar-refractivity contribution is 6.33. The molecular formula is C19H16ClFN6O. The minimum atomic E-state index is -1.09. The SMILES string of the molecule is CN(c1cc2c(ncn2C)c(NC(=O)[C@H]2C[C@H]2F)n1)c1ccc(C#N)cc1Cl. The molecule has 0 bridgehead atoms. The number of imidazole rings is 1. The molecule has 0 aliphatic heterocycles. The summed E-state index contributed by atoms with van der Waals surface area (Å²) in [5.74, 6) is -0.238. The predicted molar refractivity (Wildman–Crippen MR) is 104 cm³/mol. The maximum atomic E-state index is 13.2. The van der Waals surface area contributed by atoms with Crippen molar-refractivity contribution >= 4 is 45.9 Å². The number of hydrogen-bond donors (Lipinski definition) is 1. The molecule has 3 aromatic rings. The lowest BCUT2D eigenvalue weighted by atomic mass is 10.2. The maximum Gasteiger partial charge on any atom is 0.231 e. The molecule has 1 N–H and O–H groups in total. The van der Waals surface area contributed by atoms with Crippen molar-refractivity contribution < 1.29 is 9.18 Å². The number of pyridine rings is 1. The minimum absolute atomic E-state index is 0.234. The number of halogens is 2. The van der Waals surface area contributed by atoms with Gasteiger partial charge in [-0.15, -0.1) is 0 Å². The van der Waals surface area contributed by atoms with Gasteiger partial charge in [0.05, 0.1) is 40.1 Å². The molecule has 2 atom stereocenters. The Morgan fingerprint density at radius 2 is 2.21 bits per heavy atom. The topological polar surface area (TPSA) is 86.8 Å². The zero-order chi connectivity index (χ0) is 20.0. The lowest BCUT2D eigenvalue weighted by molar-refractivity contribution is -0.117. The van der Waals surface area contributed by atoms with Gasteiger partial charge in [-0.2, -0.15) is 5.26 Å². The van der Waals surface area contributed by atoms with Gasteiger partial charge < -0.3 is 14.8 Å². The fraction of sp³-hybridized carbons (Fsp3) is 0.263. The number of nitrogens with zero attached hydrogens (tertiary/aromatic N) is 5. The van der Waals surface area contributed by atoms with Gasteiger partial charge in [0.2, 0.25) is 5.91 Å². The summed E-state index contributed by atoms with van der Waals surface area (Å²) in [6, 6.07) is 8.83. The monoisotopic (exact) mass is 398 g/mol. The number of fused-ring (bicyclic) bond motifs is 1. The van der Waals surface area contributed by atoms with Gasteiger partial charge in [-0.05, 0) is 24.6 Å². The number of aromatic nitrogens is 3. The van der Waals surface area contributed by atoms with Gasteiger partial charge >= 0.3 is 0 Å². The maximum absolute atomic E-state index is 13.2. The lowest BCUT2D eigenvalue weighted by Crippen LogP contribution is -2.18. The molecule has 0 spiro atoms. The highest BCUT2D eigenvalue weighted by atomic mass is 35.5. The van der Waals surface area contributed by atoms with E-state index in [0.717, 1.165) is 5.52 Å². The van der Waals surface area contributed by atoms with Crippen LogP contribution in [0.15, 0.2) is 30.6 Å². The van der Waals surface area contributed by atoms with Crippen LogP contribution in [0.5, 0.6) is 0 Å². The number of rotatable bonds is 4. The number of carbonyl (C=O) groups excluding carboxylic acids is 1. The van der Waals surface area contributed by atoms with E-state index >= 15 is 0 Å². The highest BCUT2D eigenvalue weighted by Crippen LogP contribution is 2.36. The third kappa shape index (κ3) is 3.14. The van der Waals surface area contributed by atoms with E-state index in [-0.39, 0.29) is 12.2 Å². The molecule has 0 radical (unpaired) electrons. The van der Waals surface area contributed by atoms with Crippen LogP contribution in [0.3, 0.4) is 0 Å². The zero-order valence-corrected chi connectivity index (χ0v) is 15.9. The third-order valence-electron chi connectivity index (χ3n) is 4.77. The Morgan fingerprint density at radius 3 is 2.86 bits per heavy atom. The van der Waals surface area contributed by atoms with E-state index in [4.69, 9.17) is 16.9 Å². The van der Waals surface area contributed by atoms with Crippen LogP contribution in [-0.4, -0.2) is 33.7 Å². The van der Waals surface area contributed by atoms with Crippen molar-refractivity contribution in [2.24, 2.45) is 13.0 Å². The van der Waals surface area contributed by atoms with Crippen LogP contribution in [-0.2, 0) is 11.8 Å². The largest absolute Gasteiger partial charge is 0.334 e. The van der Waals surface area contributed by atoms with Gasteiger partial charge in [0, 0.05) is 20.2 Å². The molecule has 2 heterocycles. The van der Waals surface area contributed by atoms with Gasteiger partial charge in [0.25, 0.3) is 0 Å². The summed E-state index contributed by atoms with van der Waals surface area (Å²) >= 11 is 6.32. The van der Waals surface area contributed by atoms with Gasteiger partial charge in [-0.3, -0.25) is 4.79 Å². The van der Waals surface area contributed by atoms with Crippen molar-refractivity contribution in [3.8, 4) is 6.07 Å². The molecule has 1 aliphatic rings. The highest BCUT2D eigenvalue weighted by Gasteiger charge is 2.44. The number of hydrogen-bond acceptors (Lipinski definition) is 5. The molecular weight excluding hydrogens is 383 g/mol. The van der Waals surface area contributed by atoms with Crippen molar-refractivity contribution in [1.82, 2.24) is 14.5 Å². The second-order valence-electron chi connectivity index (χ2n) is 6.74. The Kier molecular flexibility index (Phi) is 4.40. The van der Waals surface area contributed by atoms with Gasteiger partial charge in [-0.1, -0.05) is 11.6 Å². The number of aryl methyl sites for hydroxylation is 1. The molecule has 0 saturated heterocycles. The number of anilines is 3. The minimum Gasteiger partial charge on any atom is -0.334 e. The van der Waals surface area contributed by atoms with Crippen molar-refractivity contribution in [1.29, 1.82) is 5.26 Å². The molecule has 9 heteroatoms. The lowest BCUT2D eigenvalue weighted by Gasteiger charge is -2.21. The summed E-state index contributed by atoms with van der Waals surface area (Å²) in [6.07, 6.45) is 0.759. The van der Waals surface area contributed by atoms with Crippen LogP contribution in [0.1, 0.15) is 12.0 Å². The number of alkyl halides is 1. The van der Waals surface area contributed by atoms with Crippen molar-refractivity contribution in [2.45, 2.75) is 12.6 Å².